The summed E-state index contributed by atoms with van der Waals surface area (Å²) in [7, 11) is 1.74. The van der Waals surface area contributed by atoms with Gasteiger partial charge in [-0.05, 0) is 6.92 Å². The van der Waals surface area contributed by atoms with E-state index < -0.39 is 0 Å². The molecular weight excluding hydrogens is 208 g/mol. The summed E-state index contributed by atoms with van der Waals surface area (Å²) in [6.45, 7) is 2.06. The summed E-state index contributed by atoms with van der Waals surface area (Å²) in [4.78, 5) is 24.2. The molecule has 86 valence electrons. The highest BCUT2D eigenvalue weighted by molar-refractivity contribution is 6.01. The maximum absolute atomic E-state index is 11.5. The second-order valence-corrected chi connectivity index (χ2v) is 3.95. The highest BCUT2D eigenvalue weighted by Gasteiger charge is 2.30. The highest BCUT2D eigenvalue weighted by atomic mass is 16.2. The monoisotopic (exact) mass is 222 g/mol. The van der Waals surface area contributed by atoms with Crippen molar-refractivity contribution in [2.75, 3.05) is 5.73 Å². The molecule has 1 fully saturated rings. The standard InChI is InChI=1S/C10H14N4O2/c1-6-7(10(11)13(2)12-6)5-14-8(15)3-4-9(14)16/h3-5,11H2,1-2H3. The fourth-order valence-corrected chi connectivity index (χ4v) is 1.87. The zero-order valence-corrected chi connectivity index (χ0v) is 9.36. The van der Waals surface area contributed by atoms with Crippen molar-refractivity contribution in [2.24, 2.45) is 7.05 Å². The Balaban J connectivity index is 2.27. The molecule has 1 aliphatic rings. The molecule has 1 aliphatic heterocycles. The minimum Gasteiger partial charge on any atom is -0.384 e. The van der Waals surface area contributed by atoms with Crippen LogP contribution in [0.25, 0.3) is 0 Å². The molecule has 0 aromatic carbocycles. The van der Waals surface area contributed by atoms with Crippen LogP contribution >= 0.6 is 0 Å². The number of hydrogen-bond acceptors (Lipinski definition) is 4. The summed E-state index contributed by atoms with van der Waals surface area (Å²) in [6.07, 6.45) is 0.607. The Bertz CT molecular complexity index is 448. The van der Waals surface area contributed by atoms with E-state index in [1.807, 2.05) is 6.92 Å². The van der Waals surface area contributed by atoms with E-state index in [-0.39, 0.29) is 18.4 Å². The summed E-state index contributed by atoms with van der Waals surface area (Å²) in [6, 6.07) is 0. The molecule has 1 aromatic rings. The first-order valence-corrected chi connectivity index (χ1v) is 5.12. The number of nitrogens with two attached hydrogens (primary N) is 1. The minimum atomic E-state index is -0.132. The number of likely N-dealkylation sites (tertiary alicyclic amines) is 1. The SMILES string of the molecule is Cc1nn(C)c(N)c1CN1C(=O)CCC1=O. The lowest BCUT2D eigenvalue weighted by Crippen LogP contribution is -2.28. The van der Waals surface area contributed by atoms with Gasteiger partial charge in [0.05, 0.1) is 12.2 Å². The van der Waals surface area contributed by atoms with E-state index >= 15 is 0 Å². The first kappa shape index (κ1) is 10.7. The van der Waals surface area contributed by atoms with Gasteiger partial charge < -0.3 is 5.73 Å². The van der Waals surface area contributed by atoms with Gasteiger partial charge in [-0.2, -0.15) is 5.10 Å². The lowest BCUT2D eigenvalue weighted by atomic mass is 10.2. The summed E-state index contributed by atoms with van der Waals surface area (Å²) in [5, 5.41) is 4.15. The van der Waals surface area contributed by atoms with Crippen LogP contribution in [0.2, 0.25) is 0 Å². The first-order chi connectivity index (χ1) is 7.50. The van der Waals surface area contributed by atoms with Gasteiger partial charge in [0.25, 0.3) is 0 Å². The number of hydrogen-bond donors (Lipinski definition) is 1. The van der Waals surface area contributed by atoms with Crippen LogP contribution in [0.1, 0.15) is 24.1 Å². The van der Waals surface area contributed by atoms with Crippen LogP contribution in [-0.4, -0.2) is 26.5 Å². The van der Waals surface area contributed by atoms with Gasteiger partial charge >= 0.3 is 0 Å². The van der Waals surface area contributed by atoms with Crippen LogP contribution in [0.4, 0.5) is 5.82 Å². The zero-order chi connectivity index (χ0) is 11.9. The van der Waals surface area contributed by atoms with Crippen molar-refractivity contribution in [3.8, 4) is 0 Å². The van der Waals surface area contributed by atoms with E-state index in [4.69, 9.17) is 5.73 Å². The van der Waals surface area contributed by atoms with Crippen LogP contribution in [0, 0.1) is 6.92 Å². The van der Waals surface area contributed by atoms with Gasteiger partial charge in [0, 0.05) is 25.5 Å². The van der Waals surface area contributed by atoms with Gasteiger partial charge in [-0.25, -0.2) is 0 Å². The molecule has 0 spiro atoms. The molecule has 6 heteroatoms. The normalized spacial score (nSPS) is 16.2. The van der Waals surface area contributed by atoms with E-state index in [9.17, 15) is 9.59 Å². The maximum atomic E-state index is 11.5. The van der Waals surface area contributed by atoms with Crippen LogP contribution in [-0.2, 0) is 23.2 Å². The van der Waals surface area contributed by atoms with Gasteiger partial charge in [0.15, 0.2) is 0 Å². The lowest BCUT2D eigenvalue weighted by Gasteiger charge is -2.13. The molecule has 2 rings (SSSR count). The summed E-state index contributed by atoms with van der Waals surface area (Å²) < 4.78 is 1.55. The minimum absolute atomic E-state index is 0.132. The Labute approximate surface area is 93.0 Å². The second kappa shape index (κ2) is 3.62. The molecule has 1 aromatic heterocycles. The number of imide groups is 1. The predicted octanol–water partition coefficient (Wildman–Crippen LogP) is -0.0403. The molecule has 6 nitrogen and oxygen atoms in total. The van der Waals surface area contributed by atoms with Crippen LogP contribution < -0.4 is 5.73 Å². The molecular formula is C10H14N4O2. The molecule has 2 amide bonds. The number of carbonyl (C=O) groups excluding carboxylic acids is 2. The topological polar surface area (TPSA) is 81.2 Å². The van der Waals surface area contributed by atoms with Gasteiger partial charge in [-0.15, -0.1) is 0 Å². The molecule has 0 saturated carbocycles. The Morgan fingerprint density at radius 2 is 1.88 bits per heavy atom. The third kappa shape index (κ3) is 1.56. The predicted molar refractivity (Wildman–Crippen MR) is 57.1 cm³/mol. The number of amides is 2. The number of nitrogens with zero attached hydrogens (tertiary/aromatic N) is 3. The Kier molecular flexibility index (Phi) is 2.41. The molecule has 0 aliphatic carbocycles. The van der Waals surface area contributed by atoms with E-state index in [2.05, 4.69) is 5.10 Å². The van der Waals surface area contributed by atoms with E-state index in [1.54, 1.807) is 11.7 Å². The van der Waals surface area contributed by atoms with Gasteiger partial charge in [-0.1, -0.05) is 0 Å². The maximum Gasteiger partial charge on any atom is 0.230 e. The average Bonchev–Trinajstić information content (AvgIpc) is 2.65. The number of rotatable bonds is 2. The molecule has 2 heterocycles. The van der Waals surface area contributed by atoms with E-state index in [1.165, 1.54) is 4.90 Å². The molecule has 1 saturated heterocycles. The lowest BCUT2D eigenvalue weighted by molar-refractivity contribution is -0.139. The zero-order valence-electron chi connectivity index (χ0n) is 9.36. The molecule has 0 bridgehead atoms. The summed E-state index contributed by atoms with van der Waals surface area (Å²) in [5.41, 5.74) is 7.34. The van der Waals surface area contributed by atoms with Gasteiger partial charge in [0.1, 0.15) is 5.82 Å². The van der Waals surface area contributed by atoms with Crippen molar-refractivity contribution < 1.29 is 9.59 Å². The molecule has 2 N–H and O–H groups in total. The van der Waals surface area contributed by atoms with Gasteiger partial charge in [0.2, 0.25) is 11.8 Å². The fraction of sp³-hybridized carbons (Fsp3) is 0.500. The molecule has 0 atom stereocenters. The molecule has 16 heavy (non-hydrogen) atoms. The van der Waals surface area contributed by atoms with Crippen molar-refractivity contribution in [3.05, 3.63) is 11.3 Å². The van der Waals surface area contributed by atoms with E-state index in [0.29, 0.717) is 18.7 Å². The average molecular weight is 222 g/mol. The fourth-order valence-electron chi connectivity index (χ4n) is 1.87. The number of anilines is 1. The molecule has 0 unspecified atom stereocenters. The van der Waals surface area contributed by atoms with Crippen molar-refractivity contribution in [3.63, 3.8) is 0 Å². The van der Waals surface area contributed by atoms with E-state index in [0.717, 1.165) is 11.3 Å². The number of nitrogen functional groups attached to an aromatic ring is 1. The highest BCUT2D eigenvalue weighted by Crippen LogP contribution is 2.21. The van der Waals surface area contributed by atoms with Crippen molar-refractivity contribution in [1.29, 1.82) is 0 Å². The quantitative estimate of drug-likeness (QED) is 0.712. The number of aryl methyl sites for hydroxylation is 2. The van der Waals surface area contributed by atoms with Crippen LogP contribution in [0.15, 0.2) is 0 Å². The van der Waals surface area contributed by atoms with Gasteiger partial charge in [-0.3, -0.25) is 19.2 Å². The smallest absolute Gasteiger partial charge is 0.230 e. The summed E-state index contributed by atoms with van der Waals surface area (Å²) in [5.74, 6) is 0.241. The third-order valence-electron chi connectivity index (χ3n) is 2.87. The number of aromatic nitrogens is 2. The Morgan fingerprint density at radius 1 is 1.31 bits per heavy atom. The van der Waals surface area contributed by atoms with Crippen molar-refractivity contribution in [1.82, 2.24) is 14.7 Å². The second-order valence-electron chi connectivity index (χ2n) is 3.95. The number of carbonyl (C=O) groups is 2. The van der Waals surface area contributed by atoms with Crippen molar-refractivity contribution in [2.45, 2.75) is 26.3 Å². The largest absolute Gasteiger partial charge is 0.384 e. The molecule has 0 radical (unpaired) electrons. The Morgan fingerprint density at radius 3 is 2.31 bits per heavy atom. The Hall–Kier alpha value is -1.85. The van der Waals surface area contributed by atoms with Crippen molar-refractivity contribution >= 4 is 17.6 Å². The summed E-state index contributed by atoms with van der Waals surface area (Å²) >= 11 is 0. The van der Waals surface area contributed by atoms with Crippen LogP contribution in [0.5, 0.6) is 0 Å². The third-order valence-corrected chi connectivity index (χ3v) is 2.87. The first-order valence-electron chi connectivity index (χ1n) is 5.12. The van der Waals surface area contributed by atoms with Crippen LogP contribution in [0.3, 0.4) is 0 Å².